The van der Waals surface area contributed by atoms with Crippen molar-refractivity contribution in [3.05, 3.63) is 0 Å². The summed E-state index contributed by atoms with van der Waals surface area (Å²) in [6.45, 7) is 6.63. The van der Waals surface area contributed by atoms with Crippen LogP contribution < -0.4 is 11.1 Å². The van der Waals surface area contributed by atoms with Gasteiger partial charge in [-0.1, -0.05) is 19.8 Å². The highest BCUT2D eigenvalue weighted by atomic mass is 16.5. The Kier molecular flexibility index (Phi) is 19.9. The SMILES string of the molecule is CCCOCCOCC(=O)NCCOCCOCC(=O)CCCCC[C@H](N)C(C)=O. The molecule has 0 aromatic heterocycles. The number of unbranched alkanes of at least 4 members (excludes halogenated alkanes) is 2. The molecule has 176 valence electrons. The predicted molar refractivity (Wildman–Crippen MR) is 113 cm³/mol. The fourth-order valence-corrected chi connectivity index (χ4v) is 2.39. The van der Waals surface area contributed by atoms with Crippen LogP contribution in [0.5, 0.6) is 0 Å². The lowest BCUT2D eigenvalue weighted by atomic mass is 10.0. The molecule has 1 amide bonds. The minimum absolute atomic E-state index is 0.00166. The van der Waals surface area contributed by atoms with E-state index < -0.39 is 0 Å². The molecule has 0 heterocycles. The summed E-state index contributed by atoms with van der Waals surface area (Å²) in [5, 5.41) is 2.69. The summed E-state index contributed by atoms with van der Waals surface area (Å²) in [5.74, 6) is -0.140. The van der Waals surface area contributed by atoms with Crippen molar-refractivity contribution >= 4 is 17.5 Å². The number of ether oxygens (including phenoxy) is 4. The van der Waals surface area contributed by atoms with Crippen LogP contribution in [-0.4, -0.2) is 82.9 Å². The highest BCUT2D eigenvalue weighted by molar-refractivity contribution is 5.81. The van der Waals surface area contributed by atoms with Crippen molar-refractivity contribution in [1.29, 1.82) is 0 Å². The zero-order valence-corrected chi connectivity index (χ0v) is 18.6. The molecule has 30 heavy (non-hydrogen) atoms. The first-order valence-electron chi connectivity index (χ1n) is 10.8. The number of nitrogens with two attached hydrogens (primary N) is 1. The van der Waals surface area contributed by atoms with Crippen molar-refractivity contribution in [2.24, 2.45) is 5.73 Å². The Morgan fingerprint density at radius 1 is 0.833 bits per heavy atom. The summed E-state index contributed by atoms with van der Waals surface area (Å²) in [4.78, 5) is 34.2. The lowest BCUT2D eigenvalue weighted by molar-refractivity contribution is -0.127. The van der Waals surface area contributed by atoms with Gasteiger partial charge in [0.05, 0.1) is 39.1 Å². The molecule has 0 unspecified atom stereocenters. The topological polar surface area (TPSA) is 126 Å². The highest BCUT2D eigenvalue weighted by Crippen LogP contribution is 2.06. The first-order valence-corrected chi connectivity index (χ1v) is 10.8. The second-order valence-electron chi connectivity index (χ2n) is 7.04. The summed E-state index contributed by atoms with van der Waals surface area (Å²) < 4.78 is 21.1. The molecule has 0 bridgehead atoms. The third-order valence-electron chi connectivity index (χ3n) is 4.15. The van der Waals surface area contributed by atoms with Gasteiger partial charge in [-0.3, -0.25) is 14.4 Å². The van der Waals surface area contributed by atoms with Crippen molar-refractivity contribution < 1.29 is 33.3 Å². The largest absolute Gasteiger partial charge is 0.379 e. The van der Waals surface area contributed by atoms with Gasteiger partial charge in [-0.05, 0) is 26.2 Å². The Hall–Kier alpha value is -1.39. The molecular formula is C21H40N2O7. The van der Waals surface area contributed by atoms with Crippen LogP contribution in [0.3, 0.4) is 0 Å². The van der Waals surface area contributed by atoms with E-state index in [4.69, 9.17) is 24.7 Å². The number of carbonyl (C=O) groups excluding carboxylic acids is 3. The number of amides is 1. The number of hydrogen-bond acceptors (Lipinski definition) is 8. The number of hydrogen-bond donors (Lipinski definition) is 2. The maximum Gasteiger partial charge on any atom is 0.246 e. The maximum absolute atomic E-state index is 11.7. The third-order valence-corrected chi connectivity index (χ3v) is 4.15. The molecule has 0 aromatic carbocycles. The Balaban J connectivity index is 3.33. The molecule has 0 aliphatic carbocycles. The molecule has 3 N–H and O–H groups in total. The summed E-state index contributed by atoms with van der Waals surface area (Å²) in [5.41, 5.74) is 5.66. The Labute approximate surface area is 180 Å². The van der Waals surface area contributed by atoms with Crippen LogP contribution in [-0.2, 0) is 33.3 Å². The molecule has 0 rings (SSSR count). The van der Waals surface area contributed by atoms with Crippen LogP contribution in [0.4, 0.5) is 0 Å². The first kappa shape index (κ1) is 28.6. The fourth-order valence-electron chi connectivity index (χ4n) is 2.39. The van der Waals surface area contributed by atoms with Gasteiger partial charge in [-0.25, -0.2) is 0 Å². The molecule has 9 heteroatoms. The Bertz CT molecular complexity index is 461. The van der Waals surface area contributed by atoms with Gasteiger partial charge in [-0.2, -0.15) is 0 Å². The van der Waals surface area contributed by atoms with E-state index in [-0.39, 0.29) is 36.7 Å². The summed E-state index contributed by atoms with van der Waals surface area (Å²) in [6, 6.07) is -0.388. The number of nitrogens with one attached hydrogen (secondary N) is 1. The van der Waals surface area contributed by atoms with Crippen molar-refractivity contribution in [2.75, 3.05) is 59.4 Å². The number of Topliss-reactive ketones (excluding diaryl/α,β-unsaturated/α-hetero) is 2. The molecule has 9 nitrogen and oxygen atoms in total. The first-order chi connectivity index (χ1) is 14.5. The highest BCUT2D eigenvalue weighted by Gasteiger charge is 2.07. The molecule has 0 fully saturated rings. The Morgan fingerprint density at radius 3 is 2.13 bits per heavy atom. The van der Waals surface area contributed by atoms with Gasteiger partial charge in [0.2, 0.25) is 5.91 Å². The standard InChI is InChI=1S/C21H40N2O7/c1-3-10-27-12-15-30-17-21(26)23-9-11-28-13-14-29-16-19(25)7-5-4-6-8-20(22)18(2)24/h20H,3-17,22H2,1-2H3,(H,23,26)/t20-/m0/s1. The average Bonchev–Trinajstić information content (AvgIpc) is 2.71. The quantitative estimate of drug-likeness (QED) is 0.243. The molecule has 0 aliphatic rings. The van der Waals surface area contributed by atoms with Crippen LogP contribution in [0, 0.1) is 0 Å². The van der Waals surface area contributed by atoms with E-state index in [0.29, 0.717) is 59.0 Å². The summed E-state index contributed by atoms with van der Waals surface area (Å²) in [7, 11) is 0. The summed E-state index contributed by atoms with van der Waals surface area (Å²) >= 11 is 0. The average molecular weight is 433 g/mol. The molecule has 0 radical (unpaired) electrons. The van der Waals surface area contributed by atoms with E-state index >= 15 is 0 Å². The zero-order valence-electron chi connectivity index (χ0n) is 18.6. The van der Waals surface area contributed by atoms with Gasteiger partial charge >= 0.3 is 0 Å². The molecule has 0 spiro atoms. The number of rotatable bonds is 22. The molecule has 1 atom stereocenters. The Morgan fingerprint density at radius 2 is 1.47 bits per heavy atom. The molecule has 0 saturated heterocycles. The lowest BCUT2D eigenvalue weighted by Crippen LogP contribution is -2.31. The number of carbonyl (C=O) groups is 3. The molecular weight excluding hydrogens is 392 g/mol. The third kappa shape index (κ3) is 19.9. The maximum atomic E-state index is 11.7. The minimum atomic E-state index is -0.388. The fraction of sp³-hybridized carbons (Fsp3) is 0.857. The second kappa shape index (κ2) is 20.9. The van der Waals surface area contributed by atoms with Crippen LogP contribution >= 0.6 is 0 Å². The summed E-state index contributed by atoms with van der Waals surface area (Å²) in [6.07, 6.45) is 4.59. The van der Waals surface area contributed by atoms with E-state index in [0.717, 1.165) is 25.7 Å². The van der Waals surface area contributed by atoms with Crippen LogP contribution in [0.2, 0.25) is 0 Å². The van der Waals surface area contributed by atoms with Gasteiger partial charge in [0.15, 0.2) is 5.78 Å². The normalized spacial score (nSPS) is 12.0. The van der Waals surface area contributed by atoms with Gasteiger partial charge in [0, 0.05) is 19.6 Å². The van der Waals surface area contributed by atoms with Crippen molar-refractivity contribution in [3.8, 4) is 0 Å². The smallest absolute Gasteiger partial charge is 0.246 e. The zero-order chi connectivity index (χ0) is 22.5. The predicted octanol–water partition coefficient (Wildman–Crippen LogP) is 1.01. The number of ketones is 2. The van der Waals surface area contributed by atoms with Crippen molar-refractivity contribution in [3.63, 3.8) is 0 Å². The van der Waals surface area contributed by atoms with E-state index in [9.17, 15) is 14.4 Å². The van der Waals surface area contributed by atoms with E-state index in [2.05, 4.69) is 5.32 Å². The van der Waals surface area contributed by atoms with E-state index in [1.807, 2.05) is 6.92 Å². The van der Waals surface area contributed by atoms with Gasteiger partial charge < -0.3 is 30.0 Å². The van der Waals surface area contributed by atoms with Crippen molar-refractivity contribution in [2.45, 2.75) is 58.4 Å². The molecule has 0 saturated carbocycles. The van der Waals surface area contributed by atoms with E-state index in [1.54, 1.807) is 0 Å². The van der Waals surface area contributed by atoms with Crippen LogP contribution in [0.15, 0.2) is 0 Å². The lowest BCUT2D eigenvalue weighted by Gasteiger charge is -2.08. The van der Waals surface area contributed by atoms with E-state index in [1.165, 1.54) is 6.92 Å². The monoisotopic (exact) mass is 432 g/mol. The second-order valence-corrected chi connectivity index (χ2v) is 7.04. The molecule has 0 aromatic rings. The van der Waals surface area contributed by atoms with Crippen LogP contribution in [0.1, 0.15) is 52.4 Å². The molecule has 0 aliphatic heterocycles. The van der Waals surface area contributed by atoms with Crippen LogP contribution in [0.25, 0.3) is 0 Å². The van der Waals surface area contributed by atoms with Crippen molar-refractivity contribution in [1.82, 2.24) is 5.32 Å². The van der Waals surface area contributed by atoms with Gasteiger partial charge in [0.25, 0.3) is 0 Å². The van der Waals surface area contributed by atoms with Gasteiger partial charge in [-0.15, -0.1) is 0 Å². The minimum Gasteiger partial charge on any atom is -0.379 e. The van der Waals surface area contributed by atoms with Gasteiger partial charge in [0.1, 0.15) is 19.0 Å².